The number of hydrogen-bond acceptors (Lipinski definition) is 5. The van der Waals surface area contributed by atoms with Gasteiger partial charge in [-0.15, -0.1) is 0 Å². The molecule has 3 rings (SSSR count). The Kier molecular flexibility index (Phi) is 7.84. The molecule has 0 saturated carbocycles. The molecule has 0 bridgehead atoms. The second kappa shape index (κ2) is 10.0. The van der Waals surface area contributed by atoms with Crippen LogP contribution in [0.2, 0.25) is 0 Å². The van der Waals surface area contributed by atoms with Crippen LogP contribution in [0.1, 0.15) is 83.1 Å². The van der Waals surface area contributed by atoms with Gasteiger partial charge in [0.05, 0.1) is 0 Å². The lowest BCUT2D eigenvalue weighted by Crippen LogP contribution is -2.34. The third-order valence-electron chi connectivity index (χ3n) is 7.54. The van der Waals surface area contributed by atoms with Crippen molar-refractivity contribution in [3.63, 3.8) is 0 Å². The number of Topliss-reactive ketones (excluding diaryl/α,β-unsaturated/α-hetero) is 1. The van der Waals surface area contributed by atoms with Crippen LogP contribution in [0.15, 0.2) is 93.1 Å². The maximum Gasteiger partial charge on any atom is 0.178 e. The van der Waals surface area contributed by atoms with E-state index in [2.05, 4.69) is 92.9 Å². The third-order valence-corrected chi connectivity index (χ3v) is 7.54. The van der Waals surface area contributed by atoms with Crippen LogP contribution in [0.3, 0.4) is 0 Å². The van der Waals surface area contributed by atoms with Crippen molar-refractivity contribution < 1.29 is 15.0 Å². The number of allylic oxidation sites excluding steroid dienone is 13. The standard InChI is InChI=1S/C35H50N2O3/c1-32(2,3)25-17-21(18-26(36(25)13)33(4,5)6)15-23-29(38)24(31(40)30(23)39)16-22-19-27(34(7,8)9)37(14)28(20-22)35(10,11)12/h15-20,38H,1-14H3,(H,39,40)/p-2. The van der Waals surface area contributed by atoms with E-state index in [1.165, 1.54) is 0 Å². The first-order chi connectivity index (χ1) is 17.9. The van der Waals surface area contributed by atoms with E-state index in [0.717, 1.165) is 33.9 Å². The molecular weight excluding hydrogens is 496 g/mol. The predicted octanol–water partition coefficient (Wildman–Crippen LogP) is 6.26. The lowest BCUT2D eigenvalue weighted by Gasteiger charge is -2.41. The monoisotopic (exact) mass is 544 g/mol. The minimum atomic E-state index is -0.743. The summed E-state index contributed by atoms with van der Waals surface area (Å²) in [5.41, 5.74) is 5.02. The van der Waals surface area contributed by atoms with Gasteiger partial charge < -0.3 is 20.0 Å². The summed E-state index contributed by atoms with van der Waals surface area (Å²) in [5.74, 6) is -2.00. The fraction of sp³-hybridized carbons (Fsp3) is 0.514. The van der Waals surface area contributed by atoms with Crippen molar-refractivity contribution in [3.8, 4) is 0 Å². The maximum absolute atomic E-state index is 13.6. The molecule has 0 aromatic carbocycles. The van der Waals surface area contributed by atoms with Crippen molar-refractivity contribution in [1.29, 1.82) is 0 Å². The number of ketones is 1. The molecule has 0 aromatic heterocycles. The summed E-state index contributed by atoms with van der Waals surface area (Å²) in [4.78, 5) is 17.5. The summed E-state index contributed by atoms with van der Waals surface area (Å²) in [6.07, 6.45) is 11.2. The van der Waals surface area contributed by atoms with E-state index >= 15 is 0 Å². The molecule has 218 valence electrons. The van der Waals surface area contributed by atoms with Crippen LogP contribution in [0.4, 0.5) is 0 Å². The van der Waals surface area contributed by atoms with Crippen molar-refractivity contribution in [3.05, 3.63) is 93.1 Å². The summed E-state index contributed by atoms with van der Waals surface area (Å²) in [5, 5.41) is 26.8. The molecule has 0 unspecified atom stereocenters. The quantitative estimate of drug-likeness (QED) is 0.410. The van der Waals surface area contributed by atoms with Gasteiger partial charge in [0.2, 0.25) is 0 Å². The Morgan fingerprint density at radius 3 is 1.07 bits per heavy atom. The van der Waals surface area contributed by atoms with E-state index in [-0.39, 0.29) is 32.8 Å². The second-order valence-electron chi connectivity index (χ2n) is 15.3. The molecule has 3 aliphatic rings. The Bertz CT molecular complexity index is 1290. The molecule has 0 aromatic rings. The van der Waals surface area contributed by atoms with E-state index in [0.29, 0.717) is 0 Å². The average Bonchev–Trinajstić information content (AvgIpc) is 2.96. The SMILES string of the molecule is CN1C(C(C)(C)C)=CC(=CC2=C([O-])C(C=C3C=C(C(C)(C)C)N(C)C(C(C)(C)C)=C3)=C([O-])C2=O)C=C1C(C)(C)C. The van der Waals surface area contributed by atoms with Gasteiger partial charge in [-0.1, -0.05) is 94.6 Å². The van der Waals surface area contributed by atoms with Crippen LogP contribution < -0.4 is 10.2 Å². The smallest absolute Gasteiger partial charge is 0.178 e. The topological polar surface area (TPSA) is 69.7 Å². The zero-order chi connectivity index (χ0) is 30.7. The van der Waals surface area contributed by atoms with E-state index in [9.17, 15) is 15.0 Å². The summed E-state index contributed by atoms with van der Waals surface area (Å²) in [6, 6.07) is 0. The Morgan fingerprint density at radius 1 is 0.525 bits per heavy atom. The molecule has 0 radical (unpaired) electrons. The lowest BCUT2D eigenvalue weighted by atomic mass is 9.82. The summed E-state index contributed by atoms with van der Waals surface area (Å²) in [6.45, 7) is 25.7. The molecule has 2 aliphatic heterocycles. The van der Waals surface area contributed by atoms with E-state index in [1.807, 2.05) is 38.4 Å². The molecule has 0 saturated heterocycles. The molecule has 0 atom stereocenters. The lowest BCUT2D eigenvalue weighted by molar-refractivity contribution is -0.307. The molecular formula is C35H48N2O3-2. The predicted molar refractivity (Wildman–Crippen MR) is 161 cm³/mol. The molecule has 5 heteroatoms. The van der Waals surface area contributed by atoms with Gasteiger partial charge in [0.15, 0.2) is 5.78 Å². The molecule has 2 heterocycles. The van der Waals surface area contributed by atoms with Crippen molar-refractivity contribution >= 4 is 5.78 Å². The van der Waals surface area contributed by atoms with Crippen molar-refractivity contribution in [2.45, 2.75) is 83.1 Å². The van der Waals surface area contributed by atoms with Gasteiger partial charge >= 0.3 is 0 Å². The molecule has 0 amide bonds. The highest BCUT2D eigenvalue weighted by molar-refractivity contribution is 6.13. The van der Waals surface area contributed by atoms with Crippen LogP contribution in [0.25, 0.3) is 0 Å². The van der Waals surface area contributed by atoms with Gasteiger partial charge in [0.25, 0.3) is 0 Å². The summed E-state index contributed by atoms with van der Waals surface area (Å²) < 4.78 is 0. The Balaban J connectivity index is 2.19. The molecule has 0 N–H and O–H groups in total. The number of carbonyl (C=O) groups is 1. The molecule has 0 spiro atoms. The zero-order valence-corrected chi connectivity index (χ0v) is 27.1. The fourth-order valence-corrected chi connectivity index (χ4v) is 5.60. The van der Waals surface area contributed by atoms with E-state index < -0.39 is 17.3 Å². The van der Waals surface area contributed by atoms with E-state index in [4.69, 9.17) is 0 Å². The first-order valence-electron chi connectivity index (χ1n) is 14.1. The molecule has 1 aliphatic carbocycles. The van der Waals surface area contributed by atoms with Crippen LogP contribution >= 0.6 is 0 Å². The largest absolute Gasteiger partial charge is 0.872 e. The number of nitrogens with zero attached hydrogens (tertiary/aromatic N) is 2. The van der Waals surface area contributed by atoms with Gasteiger partial charge in [0.1, 0.15) is 0 Å². The molecule has 0 fully saturated rings. The minimum absolute atomic E-state index is 0.0709. The first-order valence-corrected chi connectivity index (χ1v) is 14.1. The average molecular weight is 545 g/mol. The van der Waals surface area contributed by atoms with Crippen LogP contribution in [-0.4, -0.2) is 29.7 Å². The normalized spacial score (nSPS) is 19.7. The highest BCUT2D eigenvalue weighted by Crippen LogP contribution is 2.43. The van der Waals surface area contributed by atoms with Gasteiger partial charge in [-0.2, -0.15) is 0 Å². The van der Waals surface area contributed by atoms with Crippen molar-refractivity contribution in [2.75, 3.05) is 14.1 Å². The number of rotatable bonds is 2. The maximum atomic E-state index is 13.6. The molecule has 5 nitrogen and oxygen atoms in total. The number of hydrogen-bond donors (Lipinski definition) is 0. The minimum Gasteiger partial charge on any atom is -0.872 e. The Morgan fingerprint density at radius 2 is 0.800 bits per heavy atom. The fourth-order valence-electron chi connectivity index (χ4n) is 5.60. The van der Waals surface area contributed by atoms with Gasteiger partial charge in [-0.05, 0) is 53.2 Å². The van der Waals surface area contributed by atoms with E-state index in [1.54, 1.807) is 12.2 Å². The van der Waals surface area contributed by atoms with Crippen molar-refractivity contribution in [1.82, 2.24) is 9.80 Å². The van der Waals surface area contributed by atoms with Gasteiger partial charge in [0, 0.05) is 64.1 Å². The third kappa shape index (κ3) is 6.09. The first kappa shape index (κ1) is 31.3. The van der Waals surface area contributed by atoms with Crippen molar-refractivity contribution in [2.24, 2.45) is 21.7 Å². The zero-order valence-electron chi connectivity index (χ0n) is 27.1. The molecule has 40 heavy (non-hydrogen) atoms. The Labute approximate surface area is 242 Å². The van der Waals surface area contributed by atoms with Crippen LogP contribution in [0.5, 0.6) is 0 Å². The highest BCUT2D eigenvalue weighted by atomic mass is 16.3. The highest BCUT2D eigenvalue weighted by Gasteiger charge is 2.33. The summed E-state index contributed by atoms with van der Waals surface area (Å²) in [7, 11) is 4.10. The van der Waals surface area contributed by atoms with Gasteiger partial charge in [-0.3, -0.25) is 4.79 Å². The summed E-state index contributed by atoms with van der Waals surface area (Å²) >= 11 is 0. The Hall–Kier alpha value is -3.21. The second-order valence-corrected chi connectivity index (χ2v) is 15.3. The van der Waals surface area contributed by atoms with Crippen LogP contribution in [0, 0.1) is 21.7 Å². The number of carbonyl (C=O) groups excluding carboxylic acids is 1. The van der Waals surface area contributed by atoms with Crippen LogP contribution in [-0.2, 0) is 4.79 Å². The van der Waals surface area contributed by atoms with Gasteiger partial charge in [-0.25, -0.2) is 0 Å².